The van der Waals surface area contributed by atoms with E-state index in [4.69, 9.17) is 4.74 Å². The predicted octanol–water partition coefficient (Wildman–Crippen LogP) is 4.86. The molecule has 38 heavy (non-hydrogen) atoms. The summed E-state index contributed by atoms with van der Waals surface area (Å²) in [4.78, 5) is 15.9. The number of ether oxygens (including phenoxy) is 1. The van der Waals surface area contributed by atoms with Crippen LogP contribution in [-0.4, -0.2) is 38.9 Å². The Balaban J connectivity index is 1.63. The van der Waals surface area contributed by atoms with E-state index in [1.54, 1.807) is 17.0 Å². The van der Waals surface area contributed by atoms with Crippen molar-refractivity contribution < 1.29 is 17.9 Å². The summed E-state index contributed by atoms with van der Waals surface area (Å²) >= 11 is 0. The minimum atomic E-state index is -3.98. The van der Waals surface area contributed by atoms with Crippen LogP contribution in [0.25, 0.3) is 0 Å². The lowest BCUT2D eigenvalue weighted by Gasteiger charge is -2.28. The topological polar surface area (TPSA) is 75.7 Å². The van der Waals surface area contributed by atoms with E-state index in [-0.39, 0.29) is 17.2 Å². The zero-order chi connectivity index (χ0) is 26.8. The van der Waals surface area contributed by atoms with Crippen LogP contribution in [0.1, 0.15) is 16.7 Å². The van der Waals surface area contributed by atoms with E-state index in [1.165, 1.54) is 19.2 Å². The molecule has 4 aromatic rings. The third-order valence-corrected chi connectivity index (χ3v) is 7.78. The van der Waals surface area contributed by atoms with Gasteiger partial charge in [0.05, 0.1) is 12.0 Å². The largest absolute Gasteiger partial charge is 0.497 e. The third kappa shape index (κ3) is 7.54. The van der Waals surface area contributed by atoms with Crippen LogP contribution in [0.2, 0.25) is 0 Å². The Bertz CT molecular complexity index is 1390. The molecule has 0 aliphatic heterocycles. The fourth-order valence-electron chi connectivity index (χ4n) is 4.24. The first kappa shape index (κ1) is 27.1. The van der Waals surface area contributed by atoms with E-state index in [0.717, 1.165) is 16.7 Å². The van der Waals surface area contributed by atoms with Crippen LogP contribution < -0.4 is 9.46 Å². The lowest BCUT2D eigenvalue weighted by molar-refractivity contribution is -0.133. The third-order valence-electron chi connectivity index (χ3n) is 6.29. The number of carbonyl (C=O) groups excluding carboxylic acids is 1. The number of benzene rings is 4. The molecule has 4 rings (SSSR count). The monoisotopic (exact) mass is 528 g/mol. The molecule has 0 spiro atoms. The second-order valence-electron chi connectivity index (χ2n) is 9.02. The highest BCUT2D eigenvalue weighted by atomic mass is 32.2. The molecule has 1 atom stereocenters. The number of nitrogens with zero attached hydrogens (tertiary/aromatic N) is 1. The van der Waals surface area contributed by atoms with Gasteiger partial charge in [0.25, 0.3) is 0 Å². The summed E-state index contributed by atoms with van der Waals surface area (Å²) < 4.78 is 34.6. The standard InChI is InChI=1S/C31H32N2O4S/c1-37-28-17-19-29(20-18-28)38(35,36)32-30(23-26-13-7-3-8-14-26)31(34)33(24-27-15-9-4-10-16-27)22-21-25-11-5-2-6-12-25/h2-20,30,32H,21-24H2,1H3. The molecule has 0 saturated heterocycles. The van der Waals surface area contributed by atoms with Gasteiger partial charge in [-0.1, -0.05) is 91.0 Å². The number of methoxy groups -OCH3 is 1. The van der Waals surface area contributed by atoms with Crippen molar-refractivity contribution in [1.82, 2.24) is 9.62 Å². The SMILES string of the molecule is COc1ccc(S(=O)(=O)NC(Cc2ccccc2)C(=O)N(CCc2ccccc2)Cc2ccccc2)cc1. The Hall–Kier alpha value is -3.94. The number of amides is 1. The van der Waals surface area contributed by atoms with Crippen molar-refractivity contribution in [3.63, 3.8) is 0 Å². The quantitative estimate of drug-likeness (QED) is 0.285. The van der Waals surface area contributed by atoms with Gasteiger partial charge < -0.3 is 9.64 Å². The molecule has 6 nitrogen and oxygen atoms in total. The van der Waals surface area contributed by atoms with Gasteiger partial charge in [-0.2, -0.15) is 4.72 Å². The zero-order valence-electron chi connectivity index (χ0n) is 21.4. The summed E-state index contributed by atoms with van der Waals surface area (Å²) in [7, 11) is -2.46. The average Bonchev–Trinajstić information content (AvgIpc) is 2.96. The molecule has 0 bridgehead atoms. The molecular formula is C31H32N2O4S. The first-order valence-electron chi connectivity index (χ1n) is 12.5. The molecule has 0 aromatic heterocycles. The van der Waals surface area contributed by atoms with Gasteiger partial charge in [0.2, 0.25) is 15.9 Å². The van der Waals surface area contributed by atoms with E-state index in [1.807, 2.05) is 91.0 Å². The summed E-state index contributed by atoms with van der Waals surface area (Å²) in [6.45, 7) is 0.829. The van der Waals surface area contributed by atoms with Gasteiger partial charge in [-0.15, -0.1) is 0 Å². The Morgan fingerprint density at radius 1 is 0.763 bits per heavy atom. The fraction of sp³-hybridized carbons (Fsp3) is 0.194. The number of hydrogen-bond acceptors (Lipinski definition) is 4. The highest BCUT2D eigenvalue weighted by Gasteiger charge is 2.30. The molecule has 1 unspecified atom stereocenters. The first-order chi connectivity index (χ1) is 18.4. The highest BCUT2D eigenvalue weighted by molar-refractivity contribution is 7.89. The highest BCUT2D eigenvalue weighted by Crippen LogP contribution is 2.18. The molecule has 0 aliphatic rings. The first-order valence-corrected chi connectivity index (χ1v) is 14.0. The van der Waals surface area contributed by atoms with Gasteiger partial charge in [-0.3, -0.25) is 4.79 Å². The summed E-state index contributed by atoms with van der Waals surface area (Å²) in [6, 6.07) is 34.3. The van der Waals surface area contributed by atoms with Crippen molar-refractivity contribution in [2.45, 2.75) is 30.3 Å². The van der Waals surface area contributed by atoms with Crippen molar-refractivity contribution in [2.75, 3.05) is 13.7 Å². The molecule has 0 saturated carbocycles. The van der Waals surface area contributed by atoms with E-state index in [0.29, 0.717) is 25.3 Å². The minimum Gasteiger partial charge on any atom is -0.497 e. The lowest BCUT2D eigenvalue weighted by Crippen LogP contribution is -2.50. The number of hydrogen-bond donors (Lipinski definition) is 1. The molecule has 196 valence electrons. The number of nitrogens with one attached hydrogen (secondary N) is 1. The van der Waals surface area contributed by atoms with Gasteiger partial charge in [0.1, 0.15) is 11.8 Å². The van der Waals surface area contributed by atoms with Crippen molar-refractivity contribution in [1.29, 1.82) is 0 Å². The van der Waals surface area contributed by atoms with Gasteiger partial charge in [-0.05, 0) is 53.8 Å². The van der Waals surface area contributed by atoms with E-state index in [2.05, 4.69) is 4.72 Å². The van der Waals surface area contributed by atoms with Gasteiger partial charge >= 0.3 is 0 Å². The average molecular weight is 529 g/mol. The molecule has 1 amide bonds. The van der Waals surface area contributed by atoms with Crippen LogP contribution in [0.5, 0.6) is 5.75 Å². The minimum absolute atomic E-state index is 0.0723. The molecule has 0 heterocycles. The van der Waals surface area contributed by atoms with Crippen molar-refractivity contribution in [3.8, 4) is 5.75 Å². The molecule has 7 heteroatoms. The summed E-state index contributed by atoms with van der Waals surface area (Å²) in [5, 5.41) is 0. The normalized spacial score (nSPS) is 12.0. The van der Waals surface area contributed by atoms with Crippen molar-refractivity contribution in [3.05, 3.63) is 132 Å². The number of sulfonamides is 1. The summed E-state index contributed by atoms with van der Waals surface area (Å²) in [5.74, 6) is 0.279. The molecule has 0 fully saturated rings. The molecular weight excluding hydrogens is 496 g/mol. The molecule has 4 aromatic carbocycles. The fourth-order valence-corrected chi connectivity index (χ4v) is 5.43. The maximum Gasteiger partial charge on any atom is 0.241 e. The maximum atomic E-state index is 14.1. The Morgan fingerprint density at radius 3 is 1.84 bits per heavy atom. The van der Waals surface area contributed by atoms with Crippen LogP contribution in [-0.2, 0) is 34.2 Å². The van der Waals surface area contributed by atoms with Gasteiger partial charge in [0.15, 0.2) is 0 Å². The maximum absolute atomic E-state index is 14.1. The zero-order valence-corrected chi connectivity index (χ0v) is 22.2. The van der Waals surface area contributed by atoms with Crippen LogP contribution in [0.3, 0.4) is 0 Å². The lowest BCUT2D eigenvalue weighted by atomic mass is 10.0. The number of carbonyl (C=O) groups is 1. The number of rotatable bonds is 12. The molecule has 1 N–H and O–H groups in total. The van der Waals surface area contributed by atoms with E-state index >= 15 is 0 Å². The Labute approximate surface area is 225 Å². The van der Waals surface area contributed by atoms with Crippen LogP contribution in [0, 0.1) is 0 Å². The Kier molecular flexibility index (Phi) is 9.30. The smallest absolute Gasteiger partial charge is 0.241 e. The van der Waals surface area contributed by atoms with Crippen molar-refractivity contribution >= 4 is 15.9 Å². The summed E-state index contributed by atoms with van der Waals surface area (Å²) in [6.07, 6.45) is 0.883. The van der Waals surface area contributed by atoms with E-state index in [9.17, 15) is 13.2 Å². The second kappa shape index (κ2) is 13.0. The van der Waals surface area contributed by atoms with Crippen LogP contribution in [0.15, 0.2) is 120 Å². The predicted molar refractivity (Wildman–Crippen MR) is 149 cm³/mol. The Morgan fingerprint density at radius 2 is 1.29 bits per heavy atom. The summed E-state index contributed by atoms with van der Waals surface area (Å²) in [5.41, 5.74) is 2.95. The second-order valence-corrected chi connectivity index (χ2v) is 10.7. The van der Waals surface area contributed by atoms with E-state index < -0.39 is 16.1 Å². The van der Waals surface area contributed by atoms with Gasteiger partial charge in [-0.25, -0.2) is 8.42 Å². The molecule has 0 radical (unpaired) electrons. The van der Waals surface area contributed by atoms with Crippen molar-refractivity contribution in [2.24, 2.45) is 0 Å². The van der Waals surface area contributed by atoms with Crippen LogP contribution in [0.4, 0.5) is 0 Å². The van der Waals surface area contributed by atoms with Gasteiger partial charge in [0, 0.05) is 13.1 Å². The molecule has 0 aliphatic carbocycles. The van der Waals surface area contributed by atoms with Crippen LogP contribution >= 0.6 is 0 Å².